The number of hydrogen-bond acceptors (Lipinski definition) is 1. The van der Waals surface area contributed by atoms with Crippen molar-refractivity contribution in [2.75, 3.05) is 6.61 Å². The first-order chi connectivity index (χ1) is 8.56. The van der Waals surface area contributed by atoms with Crippen LogP contribution >= 0.6 is 0 Å². The minimum absolute atomic E-state index is 0.519. The van der Waals surface area contributed by atoms with E-state index in [1.807, 2.05) is 12.2 Å². The molecule has 0 aliphatic heterocycles. The third-order valence-electron chi connectivity index (χ3n) is 3.09. The molecule has 0 heterocycles. The van der Waals surface area contributed by atoms with Crippen LogP contribution in [0.1, 0.15) is 33.6 Å². The summed E-state index contributed by atoms with van der Waals surface area (Å²) in [6.07, 6.45) is 10.2. The third kappa shape index (κ3) is 4.40. The summed E-state index contributed by atoms with van der Waals surface area (Å²) in [6, 6.07) is 0. The minimum Gasteiger partial charge on any atom is -0.490 e. The summed E-state index contributed by atoms with van der Waals surface area (Å²) in [5, 5.41) is 0. The Kier molecular flexibility index (Phi) is 5.70. The molecule has 1 aliphatic rings. The number of allylic oxidation sites excluding steroid dienone is 6. The maximum absolute atomic E-state index is 5.87. The van der Waals surface area contributed by atoms with Crippen LogP contribution in [-0.4, -0.2) is 6.61 Å². The second kappa shape index (κ2) is 7.05. The Bertz CT molecular complexity index is 407. The van der Waals surface area contributed by atoms with Crippen LogP contribution < -0.4 is 0 Å². The molecule has 1 nitrogen and oxygen atoms in total. The zero-order valence-corrected chi connectivity index (χ0v) is 11.8. The molecule has 0 N–H and O–H groups in total. The zero-order valence-electron chi connectivity index (χ0n) is 11.8. The number of hydrogen-bond donors (Lipinski definition) is 0. The first-order valence-electron chi connectivity index (χ1n) is 6.58. The molecule has 0 saturated heterocycles. The van der Waals surface area contributed by atoms with Crippen molar-refractivity contribution >= 4 is 0 Å². The van der Waals surface area contributed by atoms with Gasteiger partial charge in [-0.1, -0.05) is 44.7 Å². The van der Waals surface area contributed by atoms with Gasteiger partial charge >= 0.3 is 0 Å². The molecule has 0 amide bonds. The van der Waals surface area contributed by atoms with E-state index in [-0.39, 0.29) is 0 Å². The average Bonchev–Trinajstić information content (AvgIpc) is 2.33. The molecule has 18 heavy (non-hydrogen) atoms. The second-order valence-corrected chi connectivity index (χ2v) is 4.90. The Balaban J connectivity index is 2.69. The van der Waals surface area contributed by atoms with Gasteiger partial charge in [-0.2, -0.15) is 0 Å². The Morgan fingerprint density at radius 1 is 1.56 bits per heavy atom. The molecule has 0 spiro atoms. The van der Waals surface area contributed by atoms with Crippen LogP contribution in [0, 0.1) is 5.92 Å². The fraction of sp³-hybridized carbons (Fsp3) is 0.412. The lowest BCUT2D eigenvalue weighted by molar-refractivity contribution is 0.245. The summed E-state index contributed by atoms with van der Waals surface area (Å²) in [4.78, 5) is 0. The number of rotatable bonds is 6. The molecule has 1 unspecified atom stereocenters. The lowest BCUT2D eigenvalue weighted by Crippen LogP contribution is -2.06. The Labute approximate surface area is 111 Å². The van der Waals surface area contributed by atoms with Crippen LogP contribution in [0.2, 0.25) is 0 Å². The summed E-state index contributed by atoms with van der Waals surface area (Å²) in [7, 11) is 0. The Morgan fingerprint density at radius 3 is 2.83 bits per heavy atom. The van der Waals surface area contributed by atoms with E-state index in [1.165, 1.54) is 11.1 Å². The first-order valence-corrected chi connectivity index (χ1v) is 6.58. The Morgan fingerprint density at radius 2 is 2.28 bits per heavy atom. The summed E-state index contributed by atoms with van der Waals surface area (Å²) in [5.41, 5.74) is 3.69. The van der Waals surface area contributed by atoms with Crippen LogP contribution in [0.15, 0.2) is 59.9 Å². The van der Waals surface area contributed by atoms with E-state index in [1.54, 1.807) is 0 Å². The van der Waals surface area contributed by atoms with Crippen LogP contribution in [0.5, 0.6) is 0 Å². The monoisotopic (exact) mass is 244 g/mol. The van der Waals surface area contributed by atoms with Crippen molar-refractivity contribution in [2.45, 2.75) is 33.6 Å². The van der Waals surface area contributed by atoms with E-state index in [4.69, 9.17) is 4.74 Å². The van der Waals surface area contributed by atoms with Crippen molar-refractivity contribution in [1.29, 1.82) is 0 Å². The molecule has 1 rings (SSSR count). The standard InChI is InChI=1S/C17H24O/c1-6-8-15(7-2)12-18-17-10-14(5)9-16(11-17)13(3)4/h6,8,10-11,14H,1,3,7,9,12H2,2,4-5H3/b15-8+. The highest BCUT2D eigenvalue weighted by atomic mass is 16.5. The van der Waals surface area contributed by atoms with E-state index in [9.17, 15) is 0 Å². The van der Waals surface area contributed by atoms with Crippen molar-refractivity contribution in [3.63, 3.8) is 0 Å². The highest BCUT2D eigenvalue weighted by Crippen LogP contribution is 2.27. The van der Waals surface area contributed by atoms with E-state index < -0.39 is 0 Å². The van der Waals surface area contributed by atoms with Crippen molar-refractivity contribution in [3.05, 3.63) is 59.9 Å². The fourth-order valence-corrected chi connectivity index (χ4v) is 1.96. The number of ether oxygens (including phenoxy) is 1. The SMILES string of the molecule is C=C/C=C(\CC)COC1=CC(C)CC(C(=C)C)=C1. The molecule has 0 aromatic carbocycles. The summed E-state index contributed by atoms with van der Waals surface area (Å²) in [6.45, 7) is 14.8. The van der Waals surface area contributed by atoms with Crippen LogP contribution in [0.3, 0.4) is 0 Å². The quantitative estimate of drug-likeness (QED) is 0.601. The van der Waals surface area contributed by atoms with Gasteiger partial charge in [0, 0.05) is 0 Å². The van der Waals surface area contributed by atoms with Gasteiger partial charge in [0.25, 0.3) is 0 Å². The molecule has 1 heteroatoms. The summed E-state index contributed by atoms with van der Waals surface area (Å²) in [5.74, 6) is 1.49. The van der Waals surface area contributed by atoms with Gasteiger partial charge in [0.15, 0.2) is 0 Å². The molecule has 0 bridgehead atoms. The molecule has 1 aliphatic carbocycles. The van der Waals surface area contributed by atoms with Crippen molar-refractivity contribution in [3.8, 4) is 0 Å². The molecular formula is C17H24O. The average molecular weight is 244 g/mol. The minimum atomic E-state index is 0.519. The van der Waals surface area contributed by atoms with Gasteiger partial charge in [-0.05, 0) is 49.0 Å². The van der Waals surface area contributed by atoms with Gasteiger partial charge in [-0.3, -0.25) is 0 Å². The predicted octanol–water partition coefficient (Wildman–Crippen LogP) is 4.95. The van der Waals surface area contributed by atoms with Gasteiger partial charge in [0.2, 0.25) is 0 Å². The lowest BCUT2D eigenvalue weighted by Gasteiger charge is -2.20. The van der Waals surface area contributed by atoms with Gasteiger partial charge in [-0.15, -0.1) is 0 Å². The molecule has 0 aromatic heterocycles. The van der Waals surface area contributed by atoms with Crippen LogP contribution in [0.4, 0.5) is 0 Å². The second-order valence-electron chi connectivity index (χ2n) is 4.90. The van der Waals surface area contributed by atoms with E-state index in [2.05, 4.69) is 46.1 Å². The zero-order chi connectivity index (χ0) is 13.5. The summed E-state index contributed by atoms with van der Waals surface area (Å²) < 4.78 is 5.87. The fourth-order valence-electron chi connectivity index (χ4n) is 1.96. The maximum Gasteiger partial charge on any atom is 0.116 e. The molecule has 0 saturated carbocycles. The maximum atomic E-state index is 5.87. The molecule has 0 fully saturated rings. The summed E-state index contributed by atoms with van der Waals surface area (Å²) >= 11 is 0. The third-order valence-corrected chi connectivity index (χ3v) is 3.09. The van der Waals surface area contributed by atoms with Gasteiger partial charge in [0.05, 0.1) is 0 Å². The van der Waals surface area contributed by atoms with Crippen molar-refractivity contribution in [1.82, 2.24) is 0 Å². The normalized spacial score (nSPS) is 19.9. The van der Waals surface area contributed by atoms with Gasteiger partial charge in [0.1, 0.15) is 12.4 Å². The topological polar surface area (TPSA) is 9.23 Å². The molecule has 0 aromatic rings. The van der Waals surface area contributed by atoms with E-state index in [0.717, 1.165) is 24.2 Å². The molecule has 0 radical (unpaired) electrons. The van der Waals surface area contributed by atoms with E-state index in [0.29, 0.717) is 12.5 Å². The largest absolute Gasteiger partial charge is 0.490 e. The van der Waals surface area contributed by atoms with Crippen molar-refractivity contribution < 1.29 is 4.74 Å². The highest BCUT2D eigenvalue weighted by Gasteiger charge is 2.13. The highest BCUT2D eigenvalue weighted by molar-refractivity contribution is 5.36. The van der Waals surface area contributed by atoms with Crippen LogP contribution in [0.25, 0.3) is 0 Å². The van der Waals surface area contributed by atoms with E-state index >= 15 is 0 Å². The molecule has 1 atom stereocenters. The lowest BCUT2D eigenvalue weighted by atomic mass is 9.91. The van der Waals surface area contributed by atoms with Crippen LogP contribution in [-0.2, 0) is 4.74 Å². The molecule has 98 valence electrons. The Hall–Kier alpha value is -1.50. The predicted molar refractivity (Wildman–Crippen MR) is 79.3 cm³/mol. The van der Waals surface area contributed by atoms with Gasteiger partial charge in [-0.25, -0.2) is 0 Å². The van der Waals surface area contributed by atoms with Gasteiger partial charge < -0.3 is 4.74 Å². The molecular weight excluding hydrogens is 220 g/mol. The van der Waals surface area contributed by atoms with Crippen molar-refractivity contribution in [2.24, 2.45) is 5.92 Å². The first kappa shape index (κ1) is 14.6. The smallest absolute Gasteiger partial charge is 0.116 e.